The van der Waals surface area contributed by atoms with E-state index in [1.165, 1.54) is 16.3 Å². The number of aromatic nitrogens is 2. The van der Waals surface area contributed by atoms with Crippen molar-refractivity contribution in [2.24, 2.45) is 0 Å². The van der Waals surface area contributed by atoms with Crippen molar-refractivity contribution < 1.29 is 4.74 Å². The van der Waals surface area contributed by atoms with Gasteiger partial charge in [-0.3, -0.25) is 0 Å². The molecule has 0 unspecified atom stereocenters. The van der Waals surface area contributed by atoms with Gasteiger partial charge in [-0.05, 0) is 28.5 Å². The summed E-state index contributed by atoms with van der Waals surface area (Å²) in [6.07, 6.45) is 0.803. The fraction of sp³-hybridized carbons (Fsp3) is 0.100. The standard InChI is InChI=1S/C20H18N4O/c21-19-18-16(23-20(22)24-19)6-3-7-17(18)25-11-10-13-8-9-14-4-1-2-5-15(14)12-13/h1-9,12H,10-11H2,(H4,21,22,23,24). The van der Waals surface area contributed by atoms with Gasteiger partial charge in [-0.1, -0.05) is 48.5 Å². The molecule has 0 aliphatic rings. The van der Waals surface area contributed by atoms with Crippen LogP contribution in [0.2, 0.25) is 0 Å². The largest absolute Gasteiger partial charge is 0.492 e. The van der Waals surface area contributed by atoms with E-state index >= 15 is 0 Å². The van der Waals surface area contributed by atoms with Crippen LogP contribution >= 0.6 is 0 Å². The Labute approximate surface area is 145 Å². The third kappa shape index (κ3) is 3.04. The molecular formula is C20H18N4O. The molecule has 0 saturated heterocycles. The second-order valence-corrected chi connectivity index (χ2v) is 5.90. The van der Waals surface area contributed by atoms with Gasteiger partial charge in [0.1, 0.15) is 11.6 Å². The summed E-state index contributed by atoms with van der Waals surface area (Å²) in [5.41, 5.74) is 13.6. The number of hydrogen-bond donors (Lipinski definition) is 2. The minimum Gasteiger partial charge on any atom is -0.492 e. The van der Waals surface area contributed by atoms with Crippen LogP contribution in [0.1, 0.15) is 5.56 Å². The Bertz CT molecular complexity index is 1060. The molecule has 0 radical (unpaired) electrons. The zero-order valence-corrected chi connectivity index (χ0v) is 13.6. The summed E-state index contributed by atoms with van der Waals surface area (Å²) in [6.45, 7) is 0.543. The molecule has 3 aromatic carbocycles. The van der Waals surface area contributed by atoms with Crippen LogP contribution in [0.25, 0.3) is 21.7 Å². The van der Waals surface area contributed by atoms with Crippen LogP contribution in [0.4, 0.5) is 11.8 Å². The second kappa shape index (κ2) is 6.28. The molecule has 4 rings (SSSR count). The quantitative estimate of drug-likeness (QED) is 0.597. The molecule has 0 aliphatic heterocycles. The maximum atomic E-state index is 5.99. The van der Waals surface area contributed by atoms with E-state index in [0.29, 0.717) is 29.1 Å². The fourth-order valence-corrected chi connectivity index (χ4v) is 2.99. The first kappa shape index (κ1) is 15.2. The van der Waals surface area contributed by atoms with Gasteiger partial charge in [-0.25, -0.2) is 4.98 Å². The predicted molar refractivity (Wildman–Crippen MR) is 102 cm³/mol. The van der Waals surface area contributed by atoms with E-state index in [2.05, 4.69) is 40.3 Å². The van der Waals surface area contributed by atoms with Gasteiger partial charge < -0.3 is 16.2 Å². The van der Waals surface area contributed by atoms with E-state index in [4.69, 9.17) is 16.2 Å². The van der Waals surface area contributed by atoms with Gasteiger partial charge in [0.15, 0.2) is 0 Å². The lowest BCUT2D eigenvalue weighted by atomic mass is 10.1. The van der Waals surface area contributed by atoms with Crippen LogP contribution < -0.4 is 16.2 Å². The molecule has 0 saturated carbocycles. The zero-order chi connectivity index (χ0) is 17.2. The number of ether oxygens (including phenoxy) is 1. The summed E-state index contributed by atoms with van der Waals surface area (Å²) in [6, 6.07) is 20.4. The minimum atomic E-state index is 0.165. The van der Waals surface area contributed by atoms with E-state index in [0.717, 1.165) is 6.42 Å². The monoisotopic (exact) mass is 330 g/mol. The number of rotatable bonds is 4. The van der Waals surface area contributed by atoms with Gasteiger partial charge in [-0.15, -0.1) is 0 Å². The lowest BCUT2D eigenvalue weighted by molar-refractivity contribution is 0.326. The van der Waals surface area contributed by atoms with Crippen LogP contribution in [0.3, 0.4) is 0 Å². The van der Waals surface area contributed by atoms with Crippen molar-refractivity contribution in [1.29, 1.82) is 0 Å². The predicted octanol–water partition coefficient (Wildman–Crippen LogP) is 3.57. The van der Waals surface area contributed by atoms with E-state index in [9.17, 15) is 0 Å². The van der Waals surface area contributed by atoms with Crippen LogP contribution in [-0.2, 0) is 6.42 Å². The highest BCUT2D eigenvalue weighted by molar-refractivity contribution is 5.94. The van der Waals surface area contributed by atoms with Crippen molar-refractivity contribution in [3.63, 3.8) is 0 Å². The SMILES string of the molecule is Nc1nc(N)c2c(OCCc3ccc4ccccc4c3)cccc2n1. The molecular weight excluding hydrogens is 312 g/mol. The highest BCUT2D eigenvalue weighted by Gasteiger charge is 2.09. The van der Waals surface area contributed by atoms with Crippen molar-refractivity contribution in [3.8, 4) is 5.75 Å². The molecule has 124 valence electrons. The molecule has 0 aliphatic carbocycles. The summed E-state index contributed by atoms with van der Waals surface area (Å²) in [7, 11) is 0. The Hall–Kier alpha value is -3.34. The molecule has 0 atom stereocenters. The summed E-state index contributed by atoms with van der Waals surface area (Å²) in [5, 5.41) is 3.18. The average Bonchev–Trinajstić information content (AvgIpc) is 2.61. The summed E-state index contributed by atoms with van der Waals surface area (Å²) < 4.78 is 5.96. The molecule has 0 spiro atoms. The topological polar surface area (TPSA) is 87.0 Å². The van der Waals surface area contributed by atoms with Gasteiger partial charge in [-0.2, -0.15) is 4.98 Å². The van der Waals surface area contributed by atoms with E-state index in [1.807, 2.05) is 30.3 Å². The molecule has 4 N–H and O–H groups in total. The van der Waals surface area contributed by atoms with Crippen molar-refractivity contribution in [2.75, 3.05) is 18.1 Å². The molecule has 25 heavy (non-hydrogen) atoms. The molecule has 1 aromatic heterocycles. The molecule has 0 fully saturated rings. The molecule has 0 bridgehead atoms. The molecule has 1 heterocycles. The number of fused-ring (bicyclic) bond motifs is 2. The van der Waals surface area contributed by atoms with Crippen molar-refractivity contribution in [3.05, 3.63) is 66.2 Å². The number of nitrogens with two attached hydrogens (primary N) is 2. The van der Waals surface area contributed by atoms with Gasteiger partial charge in [0.25, 0.3) is 0 Å². The Kier molecular flexibility index (Phi) is 3.82. The van der Waals surface area contributed by atoms with E-state index in [1.54, 1.807) is 0 Å². The lowest BCUT2D eigenvalue weighted by Crippen LogP contribution is -2.05. The van der Waals surface area contributed by atoms with Crippen LogP contribution in [0.15, 0.2) is 60.7 Å². The van der Waals surface area contributed by atoms with E-state index in [-0.39, 0.29) is 5.95 Å². The molecule has 4 aromatic rings. The van der Waals surface area contributed by atoms with Gasteiger partial charge in [0, 0.05) is 6.42 Å². The Morgan fingerprint density at radius 2 is 1.68 bits per heavy atom. The van der Waals surface area contributed by atoms with Gasteiger partial charge >= 0.3 is 0 Å². The first-order valence-electron chi connectivity index (χ1n) is 8.13. The summed E-state index contributed by atoms with van der Waals surface area (Å²) in [4.78, 5) is 8.23. The first-order chi connectivity index (χ1) is 12.2. The van der Waals surface area contributed by atoms with Crippen molar-refractivity contribution in [2.45, 2.75) is 6.42 Å². The number of hydrogen-bond acceptors (Lipinski definition) is 5. The average molecular weight is 330 g/mol. The first-order valence-corrected chi connectivity index (χ1v) is 8.13. The van der Waals surface area contributed by atoms with Gasteiger partial charge in [0.05, 0.1) is 17.5 Å². The number of anilines is 2. The fourth-order valence-electron chi connectivity index (χ4n) is 2.99. The zero-order valence-electron chi connectivity index (χ0n) is 13.6. The number of nitrogen functional groups attached to an aromatic ring is 2. The maximum absolute atomic E-state index is 5.99. The highest BCUT2D eigenvalue weighted by atomic mass is 16.5. The number of benzene rings is 3. The molecule has 5 heteroatoms. The smallest absolute Gasteiger partial charge is 0.222 e. The Balaban J connectivity index is 1.54. The van der Waals surface area contributed by atoms with Gasteiger partial charge in [0.2, 0.25) is 5.95 Å². The third-order valence-electron chi connectivity index (χ3n) is 4.19. The second-order valence-electron chi connectivity index (χ2n) is 5.90. The minimum absolute atomic E-state index is 0.165. The van der Waals surface area contributed by atoms with Crippen molar-refractivity contribution in [1.82, 2.24) is 9.97 Å². The van der Waals surface area contributed by atoms with Crippen LogP contribution in [-0.4, -0.2) is 16.6 Å². The van der Waals surface area contributed by atoms with Crippen LogP contribution in [0.5, 0.6) is 5.75 Å². The number of nitrogens with zero attached hydrogens (tertiary/aromatic N) is 2. The van der Waals surface area contributed by atoms with Crippen molar-refractivity contribution >= 4 is 33.4 Å². The summed E-state index contributed by atoms with van der Waals surface area (Å²) in [5.74, 6) is 1.18. The molecule has 5 nitrogen and oxygen atoms in total. The Morgan fingerprint density at radius 3 is 2.56 bits per heavy atom. The highest BCUT2D eigenvalue weighted by Crippen LogP contribution is 2.29. The van der Waals surface area contributed by atoms with E-state index < -0.39 is 0 Å². The Morgan fingerprint density at radius 1 is 0.840 bits per heavy atom. The van der Waals surface area contributed by atoms with Crippen LogP contribution in [0, 0.1) is 0 Å². The lowest BCUT2D eigenvalue weighted by Gasteiger charge is -2.11. The normalized spacial score (nSPS) is 11.0. The maximum Gasteiger partial charge on any atom is 0.222 e. The molecule has 0 amide bonds. The third-order valence-corrected chi connectivity index (χ3v) is 4.19. The summed E-state index contributed by atoms with van der Waals surface area (Å²) >= 11 is 0.